The van der Waals surface area contributed by atoms with E-state index in [9.17, 15) is 0 Å². The molecule has 0 saturated carbocycles. The smallest absolute Gasteiger partial charge is 0.0991 e. The molecule has 19 heavy (non-hydrogen) atoms. The van der Waals surface area contributed by atoms with Crippen molar-refractivity contribution in [3.63, 3.8) is 0 Å². The SMILES string of the molecule is N#Cc1cccc(CNc2ccc3sccc3c2)c1. The largest absolute Gasteiger partial charge is 0.381 e. The highest BCUT2D eigenvalue weighted by Crippen LogP contribution is 2.24. The Balaban J connectivity index is 1.76. The average molecular weight is 264 g/mol. The van der Waals surface area contributed by atoms with Gasteiger partial charge >= 0.3 is 0 Å². The summed E-state index contributed by atoms with van der Waals surface area (Å²) in [6.07, 6.45) is 0. The topological polar surface area (TPSA) is 35.8 Å². The zero-order chi connectivity index (χ0) is 13.1. The first kappa shape index (κ1) is 11.8. The van der Waals surface area contributed by atoms with Crippen LogP contribution in [0.4, 0.5) is 5.69 Å². The summed E-state index contributed by atoms with van der Waals surface area (Å²) < 4.78 is 1.30. The second-order valence-corrected chi connectivity index (χ2v) is 5.29. The molecule has 0 aliphatic rings. The maximum Gasteiger partial charge on any atom is 0.0991 e. The van der Waals surface area contributed by atoms with Crippen molar-refractivity contribution >= 4 is 27.1 Å². The first-order chi connectivity index (χ1) is 9.35. The molecule has 1 heterocycles. The van der Waals surface area contributed by atoms with Gasteiger partial charge in [-0.1, -0.05) is 12.1 Å². The minimum absolute atomic E-state index is 0.701. The Bertz CT molecular complexity index is 753. The van der Waals surface area contributed by atoms with E-state index in [-0.39, 0.29) is 0 Å². The van der Waals surface area contributed by atoms with Gasteiger partial charge in [0.25, 0.3) is 0 Å². The van der Waals surface area contributed by atoms with Gasteiger partial charge in [-0.2, -0.15) is 5.26 Å². The summed E-state index contributed by atoms with van der Waals surface area (Å²) in [5.74, 6) is 0. The van der Waals surface area contributed by atoms with E-state index in [1.54, 1.807) is 11.3 Å². The number of anilines is 1. The second kappa shape index (κ2) is 5.13. The van der Waals surface area contributed by atoms with Crippen LogP contribution >= 0.6 is 11.3 Å². The maximum atomic E-state index is 8.87. The van der Waals surface area contributed by atoms with Gasteiger partial charge in [0.2, 0.25) is 0 Å². The predicted octanol–water partition coefficient (Wildman–Crippen LogP) is 4.39. The Hall–Kier alpha value is -2.31. The highest BCUT2D eigenvalue weighted by Gasteiger charge is 1.99. The van der Waals surface area contributed by atoms with Crippen molar-refractivity contribution in [3.05, 3.63) is 65.0 Å². The highest BCUT2D eigenvalue weighted by atomic mass is 32.1. The Morgan fingerprint density at radius 1 is 1.11 bits per heavy atom. The molecule has 92 valence electrons. The third-order valence-corrected chi connectivity index (χ3v) is 3.90. The number of nitrogens with one attached hydrogen (secondary N) is 1. The van der Waals surface area contributed by atoms with Crippen molar-refractivity contribution in [2.45, 2.75) is 6.54 Å². The maximum absolute atomic E-state index is 8.87. The molecular weight excluding hydrogens is 252 g/mol. The summed E-state index contributed by atoms with van der Waals surface area (Å²) in [4.78, 5) is 0. The van der Waals surface area contributed by atoms with E-state index in [1.807, 2.05) is 24.3 Å². The predicted molar refractivity (Wildman–Crippen MR) is 80.3 cm³/mol. The Morgan fingerprint density at radius 3 is 2.95 bits per heavy atom. The minimum atomic E-state index is 0.701. The van der Waals surface area contributed by atoms with Crippen LogP contribution in [0.2, 0.25) is 0 Å². The van der Waals surface area contributed by atoms with E-state index < -0.39 is 0 Å². The van der Waals surface area contributed by atoms with Crippen molar-refractivity contribution in [2.75, 3.05) is 5.32 Å². The van der Waals surface area contributed by atoms with Crippen LogP contribution in [0.15, 0.2) is 53.9 Å². The first-order valence-electron chi connectivity index (χ1n) is 6.05. The lowest BCUT2D eigenvalue weighted by Crippen LogP contribution is -1.99. The zero-order valence-corrected chi connectivity index (χ0v) is 11.1. The summed E-state index contributed by atoms with van der Waals surface area (Å²) in [5.41, 5.74) is 2.92. The molecule has 0 radical (unpaired) electrons. The van der Waals surface area contributed by atoms with Crippen LogP contribution in [0.5, 0.6) is 0 Å². The lowest BCUT2D eigenvalue weighted by molar-refractivity contribution is 1.15. The number of fused-ring (bicyclic) bond motifs is 1. The Labute approximate surface area is 115 Å². The fraction of sp³-hybridized carbons (Fsp3) is 0.0625. The molecule has 0 amide bonds. The molecule has 3 rings (SSSR count). The van der Waals surface area contributed by atoms with Gasteiger partial charge in [0.05, 0.1) is 11.6 Å². The van der Waals surface area contributed by atoms with Crippen molar-refractivity contribution in [3.8, 4) is 6.07 Å². The molecule has 0 bridgehead atoms. The van der Waals surface area contributed by atoms with Crippen molar-refractivity contribution in [2.24, 2.45) is 0 Å². The molecule has 2 nitrogen and oxygen atoms in total. The molecule has 0 unspecified atom stereocenters. The number of benzene rings is 2. The highest BCUT2D eigenvalue weighted by molar-refractivity contribution is 7.17. The van der Waals surface area contributed by atoms with E-state index in [0.29, 0.717) is 5.56 Å². The second-order valence-electron chi connectivity index (χ2n) is 4.34. The quantitative estimate of drug-likeness (QED) is 0.761. The molecule has 1 N–H and O–H groups in total. The van der Waals surface area contributed by atoms with Gasteiger partial charge in [-0.3, -0.25) is 0 Å². The fourth-order valence-electron chi connectivity index (χ4n) is 2.03. The number of rotatable bonds is 3. The standard InChI is InChI=1S/C16H12N2S/c17-10-12-2-1-3-13(8-12)11-18-15-4-5-16-14(9-15)6-7-19-16/h1-9,18H,11H2. The van der Waals surface area contributed by atoms with Crippen molar-refractivity contribution < 1.29 is 0 Å². The summed E-state index contributed by atoms with van der Waals surface area (Å²) in [6.45, 7) is 0.727. The van der Waals surface area contributed by atoms with Gasteiger partial charge in [-0.05, 0) is 52.7 Å². The molecule has 0 atom stereocenters. The first-order valence-corrected chi connectivity index (χ1v) is 6.93. The third-order valence-electron chi connectivity index (χ3n) is 3.01. The lowest BCUT2D eigenvalue weighted by Gasteiger charge is -2.07. The van der Waals surface area contributed by atoms with E-state index >= 15 is 0 Å². The van der Waals surface area contributed by atoms with Gasteiger partial charge in [-0.25, -0.2) is 0 Å². The van der Waals surface area contributed by atoms with E-state index in [1.165, 1.54) is 10.1 Å². The van der Waals surface area contributed by atoms with Gasteiger partial charge < -0.3 is 5.32 Å². The van der Waals surface area contributed by atoms with Crippen LogP contribution in [0, 0.1) is 11.3 Å². The molecule has 3 aromatic rings. The van der Waals surface area contributed by atoms with Crippen molar-refractivity contribution in [1.29, 1.82) is 5.26 Å². The average Bonchev–Trinajstić information content (AvgIpc) is 2.93. The van der Waals surface area contributed by atoms with Gasteiger partial charge in [0.1, 0.15) is 0 Å². The summed E-state index contributed by atoms with van der Waals surface area (Å²) >= 11 is 1.75. The van der Waals surface area contributed by atoms with Crippen LogP contribution < -0.4 is 5.32 Å². The number of nitrogens with zero attached hydrogens (tertiary/aromatic N) is 1. The van der Waals surface area contributed by atoms with Crippen LogP contribution in [-0.4, -0.2) is 0 Å². The van der Waals surface area contributed by atoms with E-state index in [2.05, 4.69) is 41.0 Å². The molecule has 0 fully saturated rings. The zero-order valence-electron chi connectivity index (χ0n) is 10.3. The molecule has 3 heteroatoms. The van der Waals surface area contributed by atoms with Crippen molar-refractivity contribution in [1.82, 2.24) is 0 Å². The van der Waals surface area contributed by atoms with E-state index in [4.69, 9.17) is 5.26 Å². The molecule has 0 spiro atoms. The molecule has 0 saturated heterocycles. The molecule has 1 aromatic heterocycles. The van der Waals surface area contributed by atoms with Gasteiger partial charge in [0, 0.05) is 16.9 Å². The van der Waals surface area contributed by atoms with Gasteiger partial charge in [0.15, 0.2) is 0 Å². The summed E-state index contributed by atoms with van der Waals surface area (Å²) in [5, 5.41) is 15.6. The summed E-state index contributed by atoms with van der Waals surface area (Å²) in [7, 11) is 0. The number of hydrogen-bond donors (Lipinski definition) is 1. The molecular formula is C16H12N2S. The third kappa shape index (κ3) is 2.59. The Morgan fingerprint density at radius 2 is 2.05 bits per heavy atom. The van der Waals surface area contributed by atoms with Crippen LogP contribution in [-0.2, 0) is 6.54 Å². The van der Waals surface area contributed by atoms with Crippen LogP contribution in [0.3, 0.4) is 0 Å². The fourth-order valence-corrected chi connectivity index (χ4v) is 2.80. The van der Waals surface area contributed by atoms with Crippen LogP contribution in [0.1, 0.15) is 11.1 Å². The number of nitriles is 1. The molecule has 0 aliphatic carbocycles. The molecule has 0 aliphatic heterocycles. The minimum Gasteiger partial charge on any atom is -0.381 e. The van der Waals surface area contributed by atoms with Gasteiger partial charge in [-0.15, -0.1) is 11.3 Å². The van der Waals surface area contributed by atoms with Crippen LogP contribution in [0.25, 0.3) is 10.1 Å². The number of thiophene rings is 1. The number of hydrogen-bond acceptors (Lipinski definition) is 3. The summed E-state index contributed by atoms with van der Waals surface area (Å²) in [6, 6.07) is 18.3. The molecule has 2 aromatic carbocycles. The normalized spacial score (nSPS) is 10.3. The van der Waals surface area contributed by atoms with E-state index in [0.717, 1.165) is 17.8 Å². The monoisotopic (exact) mass is 264 g/mol. The Kier molecular flexibility index (Phi) is 3.18. The lowest BCUT2D eigenvalue weighted by atomic mass is 10.1.